The molecule has 0 aliphatic carbocycles. The van der Waals surface area contributed by atoms with Crippen LogP contribution in [0.15, 0.2) is 48.6 Å². The van der Waals surface area contributed by atoms with Crippen molar-refractivity contribution in [1.29, 1.82) is 0 Å². The fourth-order valence-electron chi connectivity index (χ4n) is 6.15. The zero-order chi connectivity index (χ0) is 46.0. The lowest BCUT2D eigenvalue weighted by Crippen LogP contribution is -2.30. The van der Waals surface area contributed by atoms with Crippen LogP contribution in [-0.2, 0) is 41.8 Å². The molecule has 0 spiro atoms. The zero-order valence-corrected chi connectivity index (χ0v) is 39.9. The van der Waals surface area contributed by atoms with Crippen LogP contribution >= 0.6 is 15.6 Å². The van der Waals surface area contributed by atoms with Crippen LogP contribution in [0.4, 0.5) is 0 Å². The fourth-order valence-corrected chi connectivity index (χ4v) is 7.31. The highest BCUT2D eigenvalue weighted by molar-refractivity contribution is 7.47. The average molecular weight is 923 g/mol. The van der Waals surface area contributed by atoms with E-state index in [1.54, 1.807) is 0 Å². The Kier molecular flexibility index (Phi) is 40.4. The van der Waals surface area contributed by atoms with Crippen molar-refractivity contribution in [3.8, 4) is 0 Å². The molecule has 0 rings (SSSR count). The molecule has 0 saturated heterocycles. The van der Waals surface area contributed by atoms with Gasteiger partial charge in [0.15, 0.2) is 6.10 Å². The van der Waals surface area contributed by atoms with Crippen molar-refractivity contribution in [3.05, 3.63) is 48.6 Å². The second kappa shape index (κ2) is 41.7. The first-order valence-corrected chi connectivity index (χ1v) is 26.3. The number of carbonyl (C=O) groups excluding carboxylic acids is 2. The summed E-state index contributed by atoms with van der Waals surface area (Å²) < 4.78 is 47.8. The first-order valence-electron chi connectivity index (χ1n) is 23.3. The van der Waals surface area contributed by atoms with Gasteiger partial charge in [-0.1, -0.05) is 159 Å². The first kappa shape index (κ1) is 60.0. The maximum Gasteiger partial charge on any atom is 0.472 e. The number of aliphatic hydroxyl groups excluding tert-OH is 2. The van der Waals surface area contributed by atoms with Gasteiger partial charge in [-0.25, -0.2) is 9.13 Å². The molecule has 0 heterocycles. The van der Waals surface area contributed by atoms with Gasteiger partial charge in [0.1, 0.15) is 12.7 Å². The van der Waals surface area contributed by atoms with E-state index < -0.39 is 66.2 Å². The molecule has 0 aromatic heterocycles. The normalized spacial score (nSPS) is 14.5. The van der Waals surface area contributed by atoms with Gasteiger partial charge in [0.05, 0.1) is 19.8 Å². The number of ether oxygens (including phenoxy) is 2. The third-order valence-corrected chi connectivity index (χ3v) is 11.1. The molecule has 5 N–H and O–H groups in total. The van der Waals surface area contributed by atoms with Gasteiger partial charge in [0, 0.05) is 19.4 Å². The van der Waals surface area contributed by atoms with Gasteiger partial charge in [-0.05, 0) is 63.7 Å². The third-order valence-electron chi connectivity index (χ3n) is 9.69. The van der Waals surface area contributed by atoms with Crippen molar-refractivity contribution in [2.75, 3.05) is 33.0 Å². The molecule has 0 aliphatic rings. The number of hydrogen-bond acceptors (Lipinski definition) is 11. The van der Waals surface area contributed by atoms with E-state index in [9.17, 15) is 28.7 Å². The summed E-state index contributed by atoms with van der Waals surface area (Å²) in [6.07, 6.45) is 39.8. The molecular formula is C46H84O14P2. The van der Waals surface area contributed by atoms with Crippen molar-refractivity contribution >= 4 is 27.6 Å². The molecule has 16 heteroatoms. The topological polar surface area (TPSA) is 216 Å². The quantitative estimate of drug-likeness (QED) is 0.0166. The number of phosphoric acid groups is 2. The molecule has 14 nitrogen and oxygen atoms in total. The van der Waals surface area contributed by atoms with Crippen LogP contribution in [0.3, 0.4) is 0 Å². The molecule has 0 aromatic rings. The molecule has 0 radical (unpaired) electrons. The van der Waals surface area contributed by atoms with E-state index in [0.29, 0.717) is 19.3 Å². The zero-order valence-electron chi connectivity index (χ0n) is 38.1. The fraction of sp³-hybridized carbons (Fsp3) is 0.783. The summed E-state index contributed by atoms with van der Waals surface area (Å²) in [4.78, 5) is 52.8. The first-order chi connectivity index (χ1) is 29.7. The van der Waals surface area contributed by atoms with Gasteiger partial charge in [0.25, 0.3) is 0 Å². The molecule has 62 heavy (non-hydrogen) atoms. The predicted molar refractivity (Wildman–Crippen MR) is 245 cm³/mol. The predicted octanol–water partition coefficient (Wildman–Crippen LogP) is 11.1. The minimum Gasteiger partial charge on any atom is -0.462 e. The molecular weight excluding hydrogens is 838 g/mol. The maximum absolute atomic E-state index is 12.7. The second-order valence-electron chi connectivity index (χ2n) is 16.2. The summed E-state index contributed by atoms with van der Waals surface area (Å²) in [7, 11) is -9.70. The Morgan fingerprint density at radius 2 is 0.952 bits per heavy atom. The Labute approximate surface area is 373 Å². The highest BCUT2D eigenvalue weighted by Crippen LogP contribution is 2.43. The number of esters is 2. The van der Waals surface area contributed by atoms with Gasteiger partial charge in [0.2, 0.25) is 0 Å². The second-order valence-corrected chi connectivity index (χ2v) is 18.9. The third kappa shape index (κ3) is 46.0. The van der Waals surface area contributed by atoms with Crippen LogP contribution in [0.1, 0.15) is 181 Å². The van der Waals surface area contributed by atoms with E-state index in [0.717, 1.165) is 70.1 Å². The summed E-state index contributed by atoms with van der Waals surface area (Å²) in [5.74, 6) is -0.304. The largest absolute Gasteiger partial charge is 0.472 e. The van der Waals surface area contributed by atoms with Gasteiger partial charge in [-0.2, -0.15) is 0 Å². The molecule has 3 atom stereocenters. The Hall–Kier alpha value is -1.96. The molecule has 0 aromatic carbocycles. The van der Waals surface area contributed by atoms with E-state index in [1.165, 1.54) is 70.6 Å². The molecule has 0 aliphatic heterocycles. The number of allylic oxidation sites excluding steroid dienone is 8. The molecule has 362 valence electrons. The van der Waals surface area contributed by atoms with E-state index >= 15 is 0 Å². The number of hydrogen-bond donors (Lipinski definition) is 5. The van der Waals surface area contributed by atoms with Crippen molar-refractivity contribution < 1.29 is 66.7 Å². The molecule has 0 amide bonds. The average Bonchev–Trinajstić information content (AvgIpc) is 3.22. The smallest absolute Gasteiger partial charge is 0.462 e. The van der Waals surface area contributed by atoms with Crippen molar-refractivity contribution in [3.63, 3.8) is 0 Å². The van der Waals surface area contributed by atoms with Crippen LogP contribution < -0.4 is 0 Å². The summed E-state index contributed by atoms with van der Waals surface area (Å²) in [5.41, 5.74) is 0. The van der Waals surface area contributed by atoms with Crippen molar-refractivity contribution in [2.45, 2.75) is 193 Å². The maximum atomic E-state index is 12.7. The molecule has 1 unspecified atom stereocenters. The Morgan fingerprint density at radius 1 is 0.516 bits per heavy atom. The number of carbonyl (C=O) groups is 2. The van der Waals surface area contributed by atoms with Crippen LogP contribution in [-0.4, -0.2) is 82.1 Å². The number of aliphatic hydroxyl groups is 2. The van der Waals surface area contributed by atoms with Gasteiger partial charge in [-0.15, -0.1) is 0 Å². The lowest BCUT2D eigenvalue weighted by Gasteiger charge is -2.20. The van der Waals surface area contributed by atoms with E-state index in [4.69, 9.17) is 28.9 Å². The number of unbranched alkanes of at least 4 members (excludes halogenated alkanes) is 17. The highest BCUT2D eigenvalue weighted by atomic mass is 31.2. The molecule has 0 bridgehead atoms. The van der Waals surface area contributed by atoms with Gasteiger partial charge >= 0.3 is 27.6 Å². The minimum atomic E-state index is -4.87. The van der Waals surface area contributed by atoms with Crippen LogP contribution in [0.2, 0.25) is 0 Å². The summed E-state index contributed by atoms with van der Waals surface area (Å²) >= 11 is 0. The highest BCUT2D eigenvalue weighted by Gasteiger charge is 2.28. The number of phosphoric ester groups is 2. The van der Waals surface area contributed by atoms with Gasteiger partial charge in [-0.3, -0.25) is 23.2 Å². The summed E-state index contributed by atoms with van der Waals surface area (Å²) in [6, 6.07) is 0. The number of rotatable bonds is 44. The molecule has 0 fully saturated rings. The van der Waals surface area contributed by atoms with Crippen LogP contribution in [0.25, 0.3) is 0 Å². The molecule has 0 saturated carbocycles. The standard InChI is InChI=1S/C46H84O14P2/c1-42(2)34-30-26-22-18-14-10-7-8-12-16-20-24-28-32-36-46(50)60-44(41-59-62(54,55)58-39-43(48)38-57-61(51,52)53)40-56-45(49)35-31-27-23-19-15-11-6-4-3-5-9-13-17-21-25-29-33-37-47/h3,5-6,11,13,17,19,23,42-44,47-48H,4,7-10,12,14-16,18,20-22,24-41H2,1-2H3,(H,54,55)(H2,51,52,53)/b5-3-,11-6-,17-13-,23-19-/t43-,44+/m0/s1. The SMILES string of the molecule is CC(C)CCCCCCCCCCCCCCCCC(=O)O[C@H](COC(=O)CCC/C=C\C/C=C\C/C=C\C/C=C\CCCCCO)COP(=O)(O)OC[C@@H](O)COP(=O)(O)O. The Bertz CT molecular complexity index is 1300. The van der Waals surface area contributed by atoms with Crippen molar-refractivity contribution in [1.82, 2.24) is 0 Å². The lowest BCUT2D eigenvalue weighted by molar-refractivity contribution is -0.161. The minimum absolute atomic E-state index is 0.110. The summed E-state index contributed by atoms with van der Waals surface area (Å²) in [5, 5.41) is 18.6. The Balaban J connectivity index is 4.55. The lowest BCUT2D eigenvalue weighted by atomic mass is 10.0. The Morgan fingerprint density at radius 3 is 1.47 bits per heavy atom. The van der Waals surface area contributed by atoms with E-state index in [1.807, 2.05) is 12.2 Å². The monoisotopic (exact) mass is 923 g/mol. The van der Waals surface area contributed by atoms with Crippen molar-refractivity contribution in [2.24, 2.45) is 5.92 Å². The van der Waals surface area contributed by atoms with Gasteiger partial charge < -0.3 is 34.4 Å². The van der Waals surface area contributed by atoms with Crippen LogP contribution in [0, 0.1) is 5.92 Å². The van der Waals surface area contributed by atoms with E-state index in [2.05, 4.69) is 59.4 Å². The van der Waals surface area contributed by atoms with Crippen LogP contribution in [0.5, 0.6) is 0 Å². The summed E-state index contributed by atoms with van der Waals surface area (Å²) in [6.45, 7) is 2.04. The van der Waals surface area contributed by atoms with E-state index in [-0.39, 0.29) is 19.4 Å².